The Hall–Kier alpha value is -0.770. The second-order valence-corrected chi connectivity index (χ2v) is 3.82. The van der Waals surface area contributed by atoms with Crippen LogP contribution in [0.2, 0.25) is 0 Å². The molecule has 0 unspecified atom stereocenters. The van der Waals surface area contributed by atoms with E-state index >= 15 is 0 Å². The van der Waals surface area contributed by atoms with E-state index in [0.29, 0.717) is 6.54 Å². The Labute approximate surface area is 86.0 Å². The van der Waals surface area contributed by atoms with Gasteiger partial charge >= 0.3 is 6.03 Å². The summed E-state index contributed by atoms with van der Waals surface area (Å²) in [5, 5.41) is 0. The van der Waals surface area contributed by atoms with Gasteiger partial charge in [-0.05, 0) is 32.9 Å². The molecule has 0 atom stereocenters. The lowest BCUT2D eigenvalue weighted by atomic mass is 10.1. The lowest BCUT2D eigenvalue weighted by molar-refractivity contribution is 0.181. The second-order valence-electron chi connectivity index (χ2n) is 3.82. The molecule has 1 aliphatic heterocycles. The number of amides is 2. The lowest BCUT2D eigenvalue weighted by Crippen LogP contribution is -2.42. The summed E-state index contributed by atoms with van der Waals surface area (Å²) in [7, 11) is 0. The molecule has 4 heteroatoms. The first kappa shape index (κ1) is 11.3. The van der Waals surface area contributed by atoms with E-state index in [1.54, 1.807) is 4.90 Å². The van der Waals surface area contributed by atoms with Crippen LogP contribution in [0.25, 0.3) is 0 Å². The fraction of sp³-hybridized carbons (Fsp3) is 0.900. The molecule has 2 amide bonds. The van der Waals surface area contributed by atoms with Crippen LogP contribution in [-0.4, -0.2) is 48.6 Å². The Morgan fingerprint density at radius 3 is 2.50 bits per heavy atom. The number of primary amides is 1. The van der Waals surface area contributed by atoms with Gasteiger partial charge in [0.2, 0.25) is 0 Å². The Morgan fingerprint density at radius 2 is 2.00 bits per heavy atom. The van der Waals surface area contributed by atoms with Gasteiger partial charge in [-0.1, -0.05) is 6.42 Å². The highest BCUT2D eigenvalue weighted by atomic mass is 16.2. The summed E-state index contributed by atoms with van der Waals surface area (Å²) in [6, 6.07) is -0.301. The summed E-state index contributed by atoms with van der Waals surface area (Å²) in [6.45, 7) is 6.76. The molecule has 1 fully saturated rings. The van der Waals surface area contributed by atoms with Gasteiger partial charge in [-0.15, -0.1) is 0 Å². The van der Waals surface area contributed by atoms with Crippen LogP contribution in [0, 0.1) is 0 Å². The van der Waals surface area contributed by atoms with E-state index in [0.717, 1.165) is 13.1 Å². The van der Waals surface area contributed by atoms with Gasteiger partial charge in [0.1, 0.15) is 0 Å². The van der Waals surface area contributed by atoms with Crippen LogP contribution in [0.1, 0.15) is 26.2 Å². The molecule has 82 valence electrons. The van der Waals surface area contributed by atoms with Gasteiger partial charge in [0.05, 0.1) is 0 Å². The van der Waals surface area contributed by atoms with Gasteiger partial charge in [-0.3, -0.25) is 0 Å². The molecule has 4 nitrogen and oxygen atoms in total. The minimum absolute atomic E-state index is 0.301. The average molecular weight is 199 g/mol. The van der Waals surface area contributed by atoms with Crippen molar-refractivity contribution in [2.75, 3.05) is 32.7 Å². The average Bonchev–Trinajstić information content (AvgIpc) is 2.20. The number of piperidine rings is 1. The van der Waals surface area contributed by atoms with E-state index in [1.807, 2.05) is 6.92 Å². The summed E-state index contributed by atoms with van der Waals surface area (Å²) < 4.78 is 0. The van der Waals surface area contributed by atoms with Gasteiger partial charge < -0.3 is 15.5 Å². The Bertz CT molecular complexity index is 178. The molecule has 1 rings (SSSR count). The topological polar surface area (TPSA) is 49.6 Å². The molecule has 2 N–H and O–H groups in total. The molecule has 0 aromatic carbocycles. The predicted molar refractivity (Wildman–Crippen MR) is 57.1 cm³/mol. The van der Waals surface area contributed by atoms with Crippen molar-refractivity contribution < 1.29 is 4.79 Å². The molecule has 1 aliphatic rings. The van der Waals surface area contributed by atoms with Crippen molar-refractivity contribution >= 4 is 6.03 Å². The van der Waals surface area contributed by atoms with E-state index in [9.17, 15) is 4.79 Å². The van der Waals surface area contributed by atoms with Gasteiger partial charge in [-0.25, -0.2) is 4.79 Å². The summed E-state index contributed by atoms with van der Waals surface area (Å²) in [5.74, 6) is 0. The van der Waals surface area contributed by atoms with Crippen LogP contribution in [0.5, 0.6) is 0 Å². The molecule has 0 saturated carbocycles. The van der Waals surface area contributed by atoms with Gasteiger partial charge in [-0.2, -0.15) is 0 Å². The predicted octanol–water partition coefficient (Wildman–Crippen LogP) is 0.873. The zero-order valence-corrected chi connectivity index (χ0v) is 9.04. The quantitative estimate of drug-likeness (QED) is 0.730. The molecule has 14 heavy (non-hydrogen) atoms. The van der Waals surface area contributed by atoms with Gasteiger partial charge in [0.25, 0.3) is 0 Å². The third-order valence-electron chi connectivity index (χ3n) is 2.83. The minimum Gasteiger partial charge on any atom is -0.351 e. The van der Waals surface area contributed by atoms with Crippen LogP contribution >= 0.6 is 0 Å². The Balaban J connectivity index is 2.20. The monoisotopic (exact) mass is 199 g/mol. The first-order valence-corrected chi connectivity index (χ1v) is 5.50. The van der Waals surface area contributed by atoms with Crippen molar-refractivity contribution in [2.45, 2.75) is 26.2 Å². The molecular formula is C10H21N3O. The number of carbonyl (C=O) groups excluding carboxylic acids is 1. The van der Waals surface area contributed by atoms with Gasteiger partial charge in [0, 0.05) is 19.6 Å². The number of nitrogens with two attached hydrogens (primary N) is 1. The number of hydrogen-bond acceptors (Lipinski definition) is 2. The molecule has 0 spiro atoms. The minimum atomic E-state index is -0.301. The zero-order valence-electron chi connectivity index (χ0n) is 9.04. The number of likely N-dealkylation sites (N-methyl/N-ethyl adjacent to an activating group) is 1. The number of hydrogen-bond donors (Lipinski definition) is 1. The molecular weight excluding hydrogens is 178 g/mol. The smallest absolute Gasteiger partial charge is 0.314 e. The third kappa shape index (κ3) is 3.54. The van der Waals surface area contributed by atoms with Crippen molar-refractivity contribution in [3.8, 4) is 0 Å². The summed E-state index contributed by atoms with van der Waals surface area (Å²) >= 11 is 0. The first-order valence-electron chi connectivity index (χ1n) is 5.50. The highest BCUT2D eigenvalue weighted by Gasteiger charge is 2.12. The highest BCUT2D eigenvalue weighted by molar-refractivity contribution is 5.71. The maximum Gasteiger partial charge on any atom is 0.314 e. The number of carbonyl (C=O) groups is 1. The summed E-state index contributed by atoms with van der Waals surface area (Å²) in [6.07, 6.45) is 3.94. The highest BCUT2D eigenvalue weighted by Crippen LogP contribution is 2.07. The fourth-order valence-corrected chi connectivity index (χ4v) is 1.87. The van der Waals surface area contributed by atoms with Crippen molar-refractivity contribution in [3.63, 3.8) is 0 Å². The molecule has 0 radical (unpaired) electrons. The van der Waals surface area contributed by atoms with E-state index in [4.69, 9.17) is 5.73 Å². The molecule has 0 aliphatic carbocycles. The van der Waals surface area contributed by atoms with E-state index in [-0.39, 0.29) is 6.03 Å². The number of nitrogens with zero attached hydrogens (tertiary/aromatic N) is 2. The number of likely N-dealkylation sites (tertiary alicyclic amines) is 1. The maximum atomic E-state index is 10.9. The third-order valence-corrected chi connectivity index (χ3v) is 2.83. The van der Waals surface area contributed by atoms with Crippen LogP contribution in [0.15, 0.2) is 0 Å². The van der Waals surface area contributed by atoms with Crippen LogP contribution < -0.4 is 5.73 Å². The lowest BCUT2D eigenvalue weighted by Gasteiger charge is -2.28. The zero-order chi connectivity index (χ0) is 10.4. The van der Waals surface area contributed by atoms with Crippen molar-refractivity contribution in [3.05, 3.63) is 0 Å². The van der Waals surface area contributed by atoms with Crippen molar-refractivity contribution in [1.29, 1.82) is 0 Å². The van der Waals surface area contributed by atoms with Crippen molar-refractivity contribution in [1.82, 2.24) is 9.80 Å². The fourth-order valence-electron chi connectivity index (χ4n) is 1.87. The standard InChI is InChI=1S/C10H21N3O/c1-2-13(10(11)14)9-8-12-6-4-3-5-7-12/h2-9H2,1H3,(H2,11,14). The first-order chi connectivity index (χ1) is 6.74. The van der Waals surface area contributed by atoms with Gasteiger partial charge in [0.15, 0.2) is 0 Å². The molecule has 0 bridgehead atoms. The Morgan fingerprint density at radius 1 is 1.36 bits per heavy atom. The van der Waals surface area contributed by atoms with E-state index in [2.05, 4.69) is 4.90 Å². The van der Waals surface area contributed by atoms with Crippen LogP contribution in [-0.2, 0) is 0 Å². The second kappa shape index (κ2) is 5.86. The molecule has 1 heterocycles. The van der Waals surface area contributed by atoms with E-state index < -0.39 is 0 Å². The maximum absolute atomic E-state index is 10.9. The summed E-state index contributed by atoms with van der Waals surface area (Å²) in [4.78, 5) is 15.0. The van der Waals surface area contributed by atoms with Crippen LogP contribution in [0.3, 0.4) is 0 Å². The van der Waals surface area contributed by atoms with E-state index in [1.165, 1.54) is 32.4 Å². The molecule has 0 aromatic heterocycles. The SMILES string of the molecule is CCN(CCN1CCCCC1)C(N)=O. The Kier molecular flexibility index (Phi) is 4.73. The van der Waals surface area contributed by atoms with Crippen molar-refractivity contribution in [2.24, 2.45) is 5.73 Å². The molecule has 1 saturated heterocycles. The summed E-state index contributed by atoms with van der Waals surface area (Å²) in [5.41, 5.74) is 5.23. The largest absolute Gasteiger partial charge is 0.351 e. The number of urea groups is 1. The normalized spacial score (nSPS) is 18.1. The van der Waals surface area contributed by atoms with Crippen LogP contribution in [0.4, 0.5) is 4.79 Å². The molecule has 0 aromatic rings. The number of rotatable bonds is 4.